The standard InChI is InChI=1S/C19H22N2O3S2/c25-19(20-12-15-3-1-7-22-15)21(13-16-4-2-10-26-16)14-5-6-17-18(11-14)24-9-8-23-17/h2,4-6,10-11,15H,1,3,7-9,12-13H2,(H,20,25)/t15-/m1/s1. The van der Waals surface area contributed by atoms with Gasteiger partial charge in [-0.2, -0.15) is 0 Å². The van der Waals surface area contributed by atoms with Crippen molar-refractivity contribution in [2.24, 2.45) is 0 Å². The molecule has 1 atom stereocenters. The second-order valence-corrected chi connectivity index (χ2v) is 7.73. The number of fused-ring (bicyclic) bond motifs is 1. The first-order chi connectivity index (χ1) is 12.8. The number of hydrogen-bond acceptors (Lipinski definition) is 5. The zero-order valence-corrected chi connectivity index (χ0v) is 16.1. The summed E-state index contributed by atoms with van der Waals surface area (Å²) in [5.74, 6) is 1.56. The number of nitrogens with zero attached hydrogens (tertiary/aromatic N) is 1. The largest absolute Gasteiger partial charge is 0.486 e. The van der Waals surface area contributed by atoms with Crippen LogP contribution in [0.5, 0.6) is 11.5 Å². The highest BCUT2D eigenvalue weighted by atomic mass is 32.1. The van der Waals surface area contributed by atoms with E-state index in [4.69, 9.17) is 26.4 Å². The highest BCUT2D eigenvalue weighted by molar-refractivity contribution is 7.80. The van der Waals surface area contributed by atoms with E-state index in [-0.39, 0.29) is 6.10 Å². The van der Waals surface area contributed by atoms with Crippen LogP contribution in [-0.4, -0.2) is 37.6 Å². The number of hydrogen-bond donors (Lipinski definition) is 1. The van der Waals surface area contributed by atoms with Crippen LogP contribution in [0, 0.1) is 0 Å². The third-order valence-electron chi connectivity index (χ3n) is 4.48. The molecular weight excluding hydrogens is 368 g/mol. The third-order valence-corrected chi connectivity index (χ3v) is 5.71. The fourth-order valence-electron chi connectivity index (χ4n) is 3.14. The summed E-state index contributed by atoms with van der Waals surface area (Å²) < 4.78 is 17.1. The molecule has 1 fully saturated rings. The molecule has 0 bridgehead atoms. The normalized spacial score (nSPS) is 18.5. The van der Waals surface area contributed by atoms with Crippen LogP contribution in [0.1, 0.15) is 17.7 Å². The molecule has 26 heavy (non-hydrogen) atoms. The van der Waals surface area contributed by atoms with Gasteiger partial charge in [-0.1, -0.05) is 6.07 Å². The van der Waals surface area contributed by atoms with Gasteiger partial charge >= 0.3 is 0 Å². The van der Waals surface area contributed by atoms with Crippen LogP contribution in [-0.2, 0) is 11.3 Å². The Morgan fingerprint density at radius 3 is 2.85 bits per heavy atom. The van der Waals surface area contributed by atoms with Gasteiger partial charge in [0, 0.05) is 29.8 Å². The summed E-state index contributed by atoms with van der Waals surface area (Å²) in [6, 6.07) is 10.2. The minimum atomic E-state index is 0.247. The second kappa shape index (κ2) is 8.24. The second-order valence-electron chi connectivity index (χ2n) is 6.31. The molecule has 2 aliphatic heterocycles. The molecule has 0 aliphatic carbocycles. The first-order valence-corrected chi connectivity index (χ1v) is 10.2. The molecule has 2 aromatic rings. The third kappa shape index (κ3) is 4.11. The topological polar surface area (TPSA) is 43.0 Å². The molecule has 4 rings (SSSR count). The molecular formula is C19H22N2O3S2. The van der Waals surface area contributed by atoms with E-state index in [9.17, 15) is 0 Å². The summed E-state index contributed by atoms with van der Waals surface area (Å²) >= 11 is 7.44. The van der Waals surface area contributed by atoms with Crippen LogP contribution in [0.3, 0.4) is 0 Å². The van der Waals surface area contributed by atoms with Gasteiger partial charge in [-0.05, 0) is 48.6 Å². The van der Waals surface area contributed by atoms with Crippen LogP contribution in [0.4, 0.5) is 5.69 Å². The molecule has 2 aliphatic rings. The Bertz CT molecular complexity index is 745. The predicted octanol–water partition coefficient (Wildman–Crippen LogP) is 3.58. The molecule has 1 N–H and O–H groups in total. The number of ether oxygens (including phenoxy) is 3. The van der Waals surface area contributed by atoms with Gasteiger partial charge in [0.05, 0.1) is 12.6 Å². The monoisotopic (exact) mass is 390 g/mol. The zero-order chi connectivity index (χ0) is 17.8. The summed E-state index contributed by atoms with van der Waals surface area (Å²) in [7, 11) is 0. The molecule has 0 unspecified atom stereocenters. The van der Waals surface area contributed by atoms with Gasteiger partial charge < -0.3 is 24.4 Å². The maximum Gasteiger partial charge on any atom is 0.173 e. The highest BCUT2D eigenvalue weighted by Crippen LogP contribution is 2.34. The fraction of sp³-hybridized carbons (Fsp3) is 0.421. The highest BCUT2D eigenvalue weighted by Gasteiger charge is 2.20. The first kappa shape index (κ1) is 17.6. The summed E-state index contributed by atoms with van der Waals surface area (Å²) in [6.07, 6.45) is 2.46. The van der Waals surface area contributed by atoms with Gasteiger partial charge in [-0.3, -0.25) is 0 Å². The maximum atomic E-state index is 5.74. The molecule has 0 spiro atoms. The smallest absolute Gasteiger partial charge is 0.173 e. The summed E-state index contributed by atoms with van der Waals surface area (Å²) in [5.41, 5.74) is 0.993. The Morgan fingerprint density at radius 1 is 1.19 bits per heavy atom. The zero-order valence-electron chi connectivity index (χ0n) is 14.5. The Kier molecular flexibility index (Phi) is 5.57. The fourth-order valence-corrected chi connectivity index (χ4v) is 4.09. The minimum Gasteiger partial charge on any atom is -0.486 e. The quantitative estimate of drug-likeness (QED) is 0.788. The Hall–Kier alpha value is -1.83. The number of thiocarbonyl (C=S) groups is 1. The number of anilines is 1. The van der Waals surface area contributed by atoms with Crippen molar-refractivity contribution in [1.29, 1.82) is 0 Å². The first-order valence-electron chi connectivity index (χ1n) is 8.88. The van der Waals surface area contributed by atoms with Gasteiger partial charge in [-0.25, -0.2) is 0 Å². The van der Waals surface area contributed by atoms with Crippen molar-refractivity contribution in [1.82, 2.24) is 5.32 Å². The van der Waals surface area contributed by atoms with Crippen molar-refractivity contribution in [3.8, 4) is 11.5 Å². The SMILES string of the molecule is S=C(NC[C@H]1CCCO1)N(Cc1cccs1)c1ccc2c(c1)OCCO2. The van der Waals surface area contributed by atoms with Gasteiger partial charge in [-0.15, -0.1) is 11.3 Å². The number of thiophene rings is 1. The van der Waals surface area contributed by atoms with Crippen LogP contribution in [0.25, 0.3) is 0 Å². The lowest BCUT2D eigenvalue weighted by molar-refractivity contribution is 0.114. The van der Waals surface area contributed by atoms with Crippen molar-refractivity contribution in [3.05, 3.63) is 40.6 Å². The average molecular weight is 391 g/mol. The molecule has 3 heterocycles. The number of benzene rings is 1. The predicted molar refractivity (Wildman–Crippen MR) is 108 cm³/mol. The van der Waals surface area contributed by atoms with E-state index in [0.29, 0.717) is 24.9 Å². The lowest BCUT2D eigenvalue weighted by Crippen LogP contribution is -2.42. The summed E-state index contributed by atoms with van der Waals surface area (Å²) in [6.45, 7) is 3.47. The van der Waals surface area contributed by atoms with E-state index in [2.05, 4.69) is 27.7 Å². The molecule has 5 nitrogen and oxygen atoms in total. The molecule has 138 valence electrons. The number of nitrogens with one attached hydrogen (secondary N) is 1. The van der Waals surface area contributed by atoms with Gasteiger partial charge in [0.15, 0.2) is 16.6 Å². The summed E-state index contributed by atoms with van der Waals surface area (Å²) in [5, 5.41) is 6.16. The molecule has 0 saturated carbocycles. The lowest BCUT2D eigenvalue weighted by atomic mass is 10.2. The average Bonchev–Trinajstić information content (AvgIpc) is 3.37. The molecule has 7 heteroatoms. The molecule has 0 amide bonds. The molecule has 0 radical (unpaired) electrons. The van der Waals surface area contributed by atoms with E-state index < -0.39 is 0 Å². The van der Waals surface area contributed by atoms with E-state index in [1.165, 1.54) is 4.88 Å². The molecule has 1 aromatic heterocycles. The van der Waals surface area contributed by atoms with E-state index in [1.54, 1.807) is 11.3 Å². The van der Waals surface area contributed by atoms with Crippen LogP contribution < -0.4 is 19.7 Å². The van der Waals surface area contributed by atoms with Crippen molar-refractivity contribution < 1.29 is 14.2 Å². The van der Waals surface area contributed by atoms with E-state index >= 15 is 0 Å². The Labute approximate surface area is 162 Å². The van der Waals surface area contributed by atoms with Crippen molar-refractivity contribution in [2.75, 3.05) is 31.3 Å². The lowest BCUT2D eigenvalue weighted by Gasteiger charge is -2.28. The Balaban J connectivity index is 1.52. The van der Waals surface area contributed by atoms with Crippen molar-refractivity contribution in [2.45, 2.75) is 25.5 Å². The van der Waals surface area contributed by atoms with Crippen LogP contribution >= 0.6 is 23.6 Å². The van der Waals surface area contributed by atoms with Crippen molar-refractivity contribution >= 4 is 34.4 Å². The van der Waals surface area contributed by atoms with Gasteiger partial charge in [0.1, 0.15) is 13.2 Å². The van der Waals surface area contributed by atoms with Crippen LogP contribution in [0.15, 0.2) is 35.7 Å². The van der Waals surface area contributed by atoms with E-state index in [1.807, 2.05) is 18.2 Å². The summed E-state index contributed by atoms with van der Waals surface area (Å²) in [4.78, 5) is 3.36. The number of rotatable bonds is 5. The van der Waals surface area contributed by atoms with E-state index in [0.717, 1.165) is 43.2 Å². The Morgan fingerprint density at radius 2 is 2.08 bits per heavy atom. The molecule has 1 aromatic carbocycles. The molecule has 1 saturated heterocycles. The van der Waals surface area contributed by atoms with Gasteiger partial charge in [0.25, 0.3) is 0 Å². The minimum absolute atomic E-state index is 0.247. The van der Waals surface area contributed by atoms with Gasteiger partial charge in [0.2, 0.25) is 0 Å². The van der Waals surface area contributed by atoms with Crippen molar-refractivity contribution in [3.63, 3.8) is 0 Å². The maximum absolute atomic E-state index is 5.74. The van der Waals surface area contributed by atoms with Crippen LogP contribution in [0.2, 0.25) is 0 Å².